The zero-order valence-electron chi connectivity index (χ0n) is 90.5. The molecule has 1 heterocycles. The van der Waals surface area contributed by atoms with Crippen LogP contribution in [0.3, 0.4) is 0 Å². The molecule has 0 saturated carbocycles. The molecule has 0 spiro atoms. The molecule has 0 bridgehead atoms. The maximum absolute atomic E-state index is 6.30. The molecule has 1 aliphatic heterocycles. The molecule has 28 rings (SSSR count). The highest BCUT2D eigenvalue weighted by Gasteiger charge is 2.54. The second-order valence-electron chi connectivity index (χ2n) is 48.4. The molecular weight excluding hydrogens is 1940 g/mol. The standard InChI is InChI=1S/C77H66.C45H36Br2.C23H29BO2/c1-9-76(10-2)66-19-15-13-17-57(66)63-35-28-52(44-72(63)76)46-23-30-56-55(37-46)38-54-22-21-47(39-65(54)56)48-24-31-59-60-32-25-49(41-69(60)74(5,6)68(59)40-48)50-26-33-61-62-34-27-51(43-71(62)75(7,8)70(61)42-50)53-29-36-64-58-18-14-16-20-67(58)77(11-3,12-4)73(64)45-53;1-43(2)37-19-25(27-9-15-33-35-17-11-29(46)23-41(35)44(3,4)39(33)21-27)7-13-31(37)32-14-8-26(20-38(32)43)28-10-16-34-36-18-12-30(47)24-42(36)45(5,6)40(34)22-28;1-7-23(8-2)19-12-10-9-11-17(19)18-14-13-16(15-20(18)23)24-25-21(3,4)22(5,6)26-24/h13-37,39-45H,9-12,38H2,1-8H3;7-24H,1-6H3;9-15H,7-8H2,1-6H3. The van der Waals surface area contributed by atoms with E-state index in [0.717, 1.165) is 59.4 Å². The van der Waals surface area contributed by atoms with Gasteiger partial charge < -0.3 is 9.31 Å². The normalized spacial score (nSPS) is 17.2. The first kappa shape index (κ1) is 96.5. The van der Waals surface area contributed by atoms with Crippen LogP contribution in [0.5, 0.6) is 0 Å². The second kappa shape index (κ2) is 34.2. The summed E-state index contributed by atoms with van der Waals surface area (Å²) < 4.78 is 14.9. The molecule has 1 saturated heterocycles. The molecule has 0 radical (unpaired) electrons. The molecule has 1 fully saturated rings. The number of benzene rings is 18. The molecule has 0 unspecified atom stereocenters. The van der Waals surface area contributed by atoms with Crippen molar-refractivity contribution in [1.82, 2.24) is 0 Å². The van der Waals surface area contributed by atoms with Crippen molar-refractivity contribution in [3.63, 3.8) is 0 Å². The first-order valence-electron chi connectivity index (χ1n) is 55.2. The SMILES string of the molecule is CC1(C)c2cc(Br)ccc2-c2ccc(-c3ccc4c(c3)C(C)(C)c3cc(-c5ccc6c(c5)C(C)(C)c5cc(Br)ccc5-6)ccc3-4)cc21.CCC1(CC)c2ccccc2-c2ccc(-c3ccc4c(c3)Cc3ccc(-c5ccc6c(c5)C(C)(C)c5cc(-c7ccc8c(c7)C(C)(C)c7cc(-c9ccc%10c(c9)C(CC)(CC)c9ccccc9-%10)ccc7-8)ccc5-6)cc3-4)cc21.CCC1(CC)c2ccccc2-c2ccc(B3OC(C)(C)C(C)(C)O3)cc21. The number of halogens is 2. The molecule has 740 valence electrons. The predicted molar refractivity (Wildman–Crippen MR) is 640 cm³/mol. The van der Waals surface area contributed by atoms with Crippen molar-refractivity contribution < 1.29 is 9.31 Å². The Bertz CT molecular complexity index is 8640. The number of hydrogen-bond acceptors (Lipinski definition) is 2. The molecule has 10 aliphatic rings. The van der Waals surface area contributed by atoms with Gasteiger partial charge in [-0.3, -0.25) is 0 Å². The molecule has 2 nitrogen and oxygen atoms in total. The van der Waals surface area contributed by atoms with Crippen LogP contribution in [0.1, 0.15) is 277 Å². The largest absolute Gasteiger partial charge is 0.494 e. The minimum Gasteiger partial charge on any atom is -0.399 e. The van der Waals surface area contributed by atoms with E-state index in [1.165, 1.54) is 267 Å². The summed E-state index contributed by atoms with van der Waals surface area (Å²) in [6.45, 7) is 46.4. The van der Waals surface area contributed by atoms with Gasteiger partial charge in [-0.15, -0.1) is 0 Å². The molecule has 5 heteroatoms. The average Bonchev–Trinajstić information content (AvgIpc) is 1.66. The summed E-state index contributed by atoms with van der Waals surface area (Å²) in [7, 11) is -0.305. The smallest absolute Gasteiger partial charge is 0.399 e. The Labute approximate surface area is 906 Å². The van der Waals surface area contributed by atoms with E-state index in [2.05, 4.69) is 516 Å². The van der Waals surface area contributed by atoms with Gasteiger partial charge in [0.1, 0.15) is 0 Å². The average molecular weight is 2080 g/mol. The molecule has 150 heavy (non-hydrogen) atoms. The van der Waals surface area contributed by atoms with Gasteiger partial charge in [-0.1, -0.05) is 397 Å². The van der Waals surface area contributed by atoms with Gasteiger partial charge in [-0.05, 0) is 436 Å². The Kier molecular flexibility index (Phi) is 22.0. The lowest BCUT2D eigenvalue weighted by atomic mass is 9.71. The quantitative estimate of drug-likeness (QED) is 0.107. The number of rotatable bonds is 13. The number of hydrogen-bond donors (Lipinski definition) is 0. The second-order valence-corrected chi connectivity index (χ2v) is 50.3. The third-order valence-corrected chi connectivity index (χ3v) is 40.2. The van der Waals surface area contributed by atoms with Crippen molar-refractivity contribution in [3.8, 4) is 167 Å². The van der Waals surface area contributed by atoms with Crippen LogP contribution >= 0.6 is 31.9 Å². The van der Waals surface area contributed by atoms with Crippen LogP contribution in [-0.2, 0) is 59.0 Å². The van der Waals surface area contributed by atoms with Crippen molar-refractivity contribution in [3.05, 3.63) is 455 Å². The Hall–Kier alpha value is -13.1. The van der Waals surface area contributed by atoms with Gasteiger partial charge in [0.25, 0.3) is 0 Å². The zero-order valence-corrected chi connectivity index (χ0v) is 93.7. The van der Waals surface area contributed by atoms with E-state index in [1.54, 1.807) is 0 Å². The molecule has 0 aromatic heterocycles. The van der Waals surface area contributed by atoms with E-state index < -0.39 is 0 Å². The van der Waals surface area contributed by atoms with Gasteiger partial charge in [0.05, 0.1) is 11.2 Å². The van der Waals surface area contributed by atoms with E-state index in [4.69, 9.17) is 9.31 Å². The fraction of sp³-hybridized carbons (Fsp3) is 0.255. The molecular formula is C145H131BBr2O2. The fourth-order valence-electron chi connectivity index (χ4n) is 29.5. The Morgan fingerprint density at radius 1 is 0.187 bits per heavy atom. The highest BCUT2D eigenvalue weighted by Crippen LogP contribution is 2.63. The van der Waals surface area contributed by atoms with Gasteiger partial charge in [0.15, 0.2) is 0 Å². The zero-order chi connectivity index (χ0) is 104. The highest BCUT2D eigenvalue weighted by molar-refractivity contribution is 9.10. The van der Waals surface area contributed by atoms with Crippen LogP contribution in [0, 0.1) is 0 Å². The first-order chi connectivity index (χ1) is 72.0. The predicted octanol–water partition coefficient (Wildman–Crippen LogP) is 39.2. The lowest BCUT2D eigenvalue weighted by molar-refractivity contribution is 0.00578. The van der Waals surface area contributed by atoms with Crippen molar-refractivity contribution in [2.24, 2.45) is 0 Å². The van der Waals surface area contributed by atoms with Crippen LogP contribution in [0.25, 0.3) is 167 Å². The highest BCUT2D eigenvalue weighted by atomic mass is 79.9. The van der Waals surface area contributed by atoms with E-state index in [1.807, 2.05) is 0 Å². The lowest BCUT2D eigenvalue weighted by Crippen LogP contribution is -2.41. The van der Waals surface area contributed by atoms with Crippen molar-refractivity contribution >= 4 is 44.4 Å². The molecule has 18 aromatic rings. The maximum atomic E-state index is 6.30. The Balaban J connectivity index is 0.000000131. The summed E-state index contributed by atoms with van der Waals surface area (Å²) in [5.41, 5.74) is 66.2. The van der Waals surface area contributed by atoms with Crippen molar-refractivity contribution in [1.29, 1.82) is 0 Å². The van der Waals surface area contributed by atoms with E-state index in [0.29, 0.717) is 0 Å². The van der Waals surface area contributed by atoms with E-state index in [-0.39, 0.29) is 61.6 Å². The minimum atomic E-state index is -0.313. The van der Waals surface area contributed by atoms with Crippen LogP contribution in [-0.4, -0.2) is 18.3 Å². The van der Waals surface area contributed by atoms with Crippen molar-refractivity contribution in [2.75, 3.05) is 0 Å². The molecule has 0 atom stereocenters. The number of fused-ring (bicyclic) bond motifs is 27. The summed E-state index contributed by atoms with van der Waals surface area (Å²) in [6, 6.07) is 134. The first-order valence-corrected chi connectivity index (χ1v) is 56.8. The van der Waals surface area contributed by atoms with E-state index >= 15 is 0 Å². The summed E-state index contributed by atoms with van der Waals surface area (Å²) in [4.78, 5) is 0. The molecule has 0 amide bonds. The van der Waals surface area contributed by atoms with Gasteiger partial charge in [-0.25, -0.2) is 0 Å². The summed E-state index contributed by atoms with van der Waals surface area (Å²) in [5, 5.41) is 0. The monoisotopic (exact) mass is 2070 g/mol. The fourth-order valence-corrected chi connectivity index (χ4v) is 30.2. The van der Waals surface area contributed by atoms with Crippen molar-refractivity contribution in [2.45, 2.75) is 238 Å². The van der Waals surface area contributed by atoms with Crippen LogP contribution < -0.4 is 5.46 Å². The lowest BCUT2D eigenvalue weighted by Gasteiger charge is -2.32. The van der Waals surface area contributed by atoms with Gasteiger partial charge in [-0.2, -0.15) is 0 Å². The third kappa shape index (κ3) is 14.0. The minimum absolute atomic E-state index is 0.0422. The third-order valence-electron chi connectivity index (χ3n) is 39.2. The Morgan fingerprint density at radius 3 is 0.673 bits per heavy atom. The molecule has 9 aliphatic carbocycles. The van der Waals surface area contributed by atoms with E-state index in [9.17, 15) is 0 Å². The van der Waals surface area contributed by atoms with Crippen LogP contribution in [0.2, 0.25) is 0 Å². The summed E-state index contributed by atoms with van der Waals surface area (Å²) >= 11 is 7.41. The molecule has 0 N–H and O–H groups in total. The van der Waals surface area contributed by atoms with Crippen LogP contribution in [0.4, 0.5) is 0 Å². The summed E-state index contributed by atoms with van der Waals surface area (Å²) in [5.74, 6) is 0. The maximum Gasteiger partial charge on any atom is 0.494 e. The van der Waals surface area contributed by atoms with Gasteiger partial charge in [0.2, 0.25) is 0 Å². The Morgan fingerprint density at radius 2 is 0.393 bits per heavy atom. The van der Waals surface area contributed by atoms with Gasteiger partial charge in [0, 0.05) is 52.3 Å². The van der Waals surface area contributed by atoms with Crippen LogP contribution in [0.15, 0.2) is 355 Å². The topological polar surface area (TPSA) is 18.5 Å². The summed E-state index contributed by atoms with van der Waals surface area (Å²) in [6.07, 6.45) is 7.57. The van der Waals surface area contributed by atoms with Gasteiger partial charge >= 0.3 is 7.12 Å². The molecule has 18 aromatic carbocycles.